The van der Waals surface area contributed by atoms with Gasteiger partial charge in [-0.1, -0.05) is 18.3 Å². The Kier molecular flexibility index (Phi) is 4.84. The summed E-state index contributed by atoms with van der Waals surface area (Å²) in [4.78, 5) is 10.3. The summed E-state index contributed by atoms with van der Waals surface area (Å²) in [6.07, 6.45) is 1.75. The van der Waals surface area contributed by atoms with Gasteiger partial charge in [0.2, 0.25) is 0 Å². The van der Waals surface area contributed by atoms with Crippen molar-refractivity contribution in [3.63, 3.8) is 0 Å². The topological polar surface area (TPSA) is 68.9 Å². The number of aromatic nitrogens is 3. The molecule has 3 rings (SSSR count). The lowest BCUT2D eigenvalue weighted by Gasteiger charge is -2.35. The van der Waals surface area contributed by atoms with Gasteiger partial charge in [0, 0.05) is 38.9 Å². The molecule has 0 aromatic carbocycles. The normalized spacial score (nSPS) is 15.8. The third-order valence-electron chi connectivity index (χ3n) is 4.08. The fourth-order valence-corrected chi connectivity index (χ4v) is 3.66. The molecule has 7 heteroatoms. The van der Waals surface area contributed by atoms with Gasteiger partial charge >= 0.3 is 0 Å². The molecule has 0 bridgehead atoms. The van der Waals surface area contributed by atoms with Crippen molar-refractivity contribution < 1.29 is 0 Å². The Hall–Kier alpha value is -2.04. The van der Waals surface area contributed by atoms with Gasteiger partial charge in [-0.05, 0) is 29.6 Å². The minimum absolute atomic E-state index is 0.414. The number of hydrogen-bond donors (Lipinski definition) is 0. The van der Waals surface area contributed by atoms with E-state index in [0.29, 0.717) is 11.5 Å². The van der Waals surface area contributed by atoms with Gasteiger partial charge in [-0.25, -0.2) is 4.98 Å². The molecule has 1 saturated heterocycles. The lowest BCUT2D eigenvalue weighted by atomic mass is 10.1. The molecule has 0 N–H and O–H groups in total. The van der Waals surface area contributed by atoms with E-state index in [2.05, 4.69) is 44.3 Å². The Morgan fingerprint density at radius 3 is 2.78 bits per heavy atom. The smallest absolute Gasteiger partial charge is 0.146 e. The summed E-state index contributed by atoms with van der Waals surface area (Å²) >= 11 is 1.50. The van der Waals surface area contributed by atoms with Crippen LogP contribution in [0.4, 0.5) is 5.82 Å². The largest absolute Gasteiger partial charge is 0.353 e. The van der Waals surface area contributed by atoms with Crippen molar-refractivity contribution >= 4 is 17.4 Å². The van der Waals surface area contributed by atoms with Gasteiger partial charge in [-0.2, -0.15) is 5.26 Å². The fraction of sp³-hybridized carbons (Fsp3) is 0.500. The molecule has 3 heterocycles. The molecule has 1 aliphatic rings. The molecule has 23 heavy (non-hydrogen) atoms. The zero-order chi connectivity index (χ0) is 16.2. The SMILES string of the molecule is CC(C)c1nnsc1CN1CCN(c2ncccc2C#N)CC1. The first kappa shape index (κ1) is 15.8. The summed E-state index contributed by atoms with van der Waals surface area (Å²) in [6.45, 7) is 8.90. The molecule has 0 atom stereocenters. The highest BCUT2D eigenvalue weighted by Gasteiger charge is 2.22. The molecule has 2 aromatic heterocycles. The number of anilines is 1. The van der Waals surface area contributed by atoms with Crippen molar-refractivity contribution in [2.75, 3.05) is 31.1 Å². The van der Waals surface area contributed by atoms with Crippen LogP contribution in [-0.2, 0) is 6.54 Å². The average Bonchev–Trinajstić information content (AvgIpc) is 3.04. The van der Waals surface area contributed by atoms with E-state index >= 15 is 0 Å². The Morgan fingerprint density at radius 1 is 1.30 bits per heavy atom. The third-order valence-corrected chi connectivity index (χ3v) is 4.80. The van der Waals surface area contributed by atoms with Gasteiger partial charge in [0.05, 0.1) is 16.1 Å². The first-order chi connectivity index (χ1) is 11.2. The van der Waals surface area contributed by atoms with Crippen molar-refractivity contribution in [3.05, 3.63) is 34.5 Å². The van der Waals surface area contributed by atoms with E-state index in [1.807, 2.05) is 12.1 Å². The summed E-state index contributed by atoms with van der Waals surface area (Å²) in [6, 6.07) is 5.86. The van der Waals surface area contributed by atoms with E-state index in [0.717, 1.165) is 44.2 Å². The first-order valence-electron chi connectivity index (χ1n) is 7.82. The maximum absolute atomic E-state index is 9.22. The monoisotopic (exact) mass is 328 g/mol. The van der Waals surface area contributed by atoms with Gasteiger partial charge in [0.1, 0.15) is 11.9 Å². The third kappa shape index (κ3) is 3.49. The van der Waals surface area contributed by atoms with E-state index in [-0.39, 0.29) is 0 Å². The molecule has 0 unspecified atom stereocenters. The minimum atomic E-state index is 0.414. The van der Waals surface area contributed by atoms with Crippen LogP contribution in [0.1, 0.15) is 35.9 Å². The molecular formula is C16H20N6S. The Labute approximate surface area is 140 Å². The first-order valence-corrected chi connectivity index (χ1v) is 8.60. The Bertz CT molecular complexity index is 697. The van der Waals surface area contributed by atoms with Crippen LogP contribution >= 0.6 is 11.5 Å². The number of hydrogen-bond acceptors (Lipinski definition) is 7. The maximum Gasteiger partial charge on any atom is 0.146 e. The van der Waals surface area contributed by atoms with Crippen molar-refractivity contribution in [3.8, 4) is 6.07 Å². The summed E-state index contributed by atoms with van der Waals surface area (Å²) in [7, 11) is 0. The quantitative estimate of drug-likeness (QED) is 0.857. The van der Waals surface area contributed by atoms with Gasteiger partial charge in [-0.3, -0.25) is 4.90 Å². The van der Waals surface area contributed by atoms with E-state index < -0.39 is 0 Å². The molecule has 2 aromatic rings. The standard InChI is InChI=1S/C16H20N6S/c1-12(2)15-14(23-20-19-15)11-21-6-8-22(9-7-21)16-13(10-17)4-3-5-18-16/h3-5,12H,6-9,11H2,1-2H3. The number of nitriles is 1. The zero-order valence-electron chi connectivity index (χ0n) is 13.4. The second-order valence-electron chi connectivity index (χ2n) is 5.99. The number of pyridine rings is 1. The van der Waals surface area contributed by atoms with Crippen LogP contribution in [0.15, 0.2) is 18.3 Å². The molecule has 6 nitrogen and oxygen atoms in total. The van der Waals surface area contributed by atoms with Gasteiger partial charge in [0.15, 0.2) is 0 Å². The van der Waals surface area contributed by atoms with E-state index in [4.69, 9.17) is 0 Å². The van der Waals surface area contributed by atoms with E-state index in [1.165, 1.54) is 16.4 Å². The highest BCUT2D eigenvalue weighted by atomic mass is 32.1. The minimum Gasteiger partial charge on any atom is -0.353 e. The van der Waals surface area contributed by atoms with Crippen molar-refractivity contribution in [1.82, 2.24) is 19.5 Å². The predicted molar refractivity (Wildman–Crippen MR) is 90.4 cm³/mol. The Morgan fingerprint density at radius 2 is 2.09 bits per heavy atom. The van der Waals surface area contributed by atoms with Gasteiger partial charge in [0.25, 0.3) is 0 Å². The molecule has 0 saturated carbocycles. The van der Waals surface area contributed by atoms with Gasteiger partial charge in [-0.15, -0.1) is 5.10 Å². The lowest BCUT2D eigenvalue weighted by Crippen LogP contribution is -2.46. The summed E-state index contributed by atoms with van der Waals surface area (Å²) in [5.74, 6) is 1.22. The molecular weight excluding hydrogens is 308 g/mol. The van der Waals surface area contributed by atoms with Crippen LogP contribution in [0.2, 0.25) is 0 Å². The molecule has 0 radical (unpaired) electrons. The van der Waals surface area contributed by atoms with Crippen LogP contribution in [-0.4, -0.2) is 45.6 Å². The predicted octanol–water partition coefficient (Wildman–Crippen LogP) is 2.25. The molecule has 120 valence electrons. The molecule has 0 spiro atoms. The molecule has 0 amide bonds. The number of nitrogens with zero attached hydrogens (tertiary/aromatic N) is 6. The van der Waals surface area contributed by atoms with Crippen molar-refractivity contribution in [1.29, 1.82) is 5.26 Å². The molecule has 0 aliphatic carbocycles. The molecule has 1 fully saturated rings. The van der Waals surface area contributed by atoms with Crippen LogP contribution in [0, 0.1) is 11.3 Å². The maximum atomic E-state index is 9.22. The second kappa shape index (κ2) is 7.02. The highest BCUT2D eigenvalue weighted by Crippen LogP contribution is 2.23. The summed E-state index contributed by atoms with van der Waals surface area (Å²) in [5.41, 5.74) is 1.77. The summed E-state index contributed by atoms with van der Waals surface area (Å²) in [5, 5.41) is 13.5. The fourth-order valence-electron chi connectivity index (χ4n) is 2.82. The van der Waals surface area contributed by atoms with Crippen LogP contribution < -0.4 is 4.90 Å². The van der Waals surface area contributed by atoms with Crippen molar-refractivity contribution in [2.24, 2.45) is 0 Å². The van der Waals surface area contributed by atoms with Gasteiger partial charge < -0.3 is 4.90 Å². The average molecular weight is 328 g/mol. The van der Waals surface area contributed by atoms with E-state index in [1.54, 1.807) is 6.20 Å². The van der Waals surface area contributed by atoms with Crippen LogP contribution in [0.25, 0.3) is 0 Å². The van der Waals surface area contributed by atoms with E-state index in [9.17, 15) is 5.26 Å². The van der Waals surface area contributed by atoms with Crippen molar-refractivity contribution in [2.45, 2.75) is 26.3 Å². The number of rotatable bonds is 4. The Balaban J connectivity index is 1.63. The number of piperazine rings is 1. The highest BCUT2D eigenvalue weighted by molar-refractivity contribution is 7.05. The lowest BCUT2D eigenvalue weighted by molar-refractivity contribution is 0.250. The zero-order valence-corrected chi connectivity index (χ0v) is 14.3. The molecule has 1 aliphatic heterocycles. The second-order valence-corrected chi connectivity index (χ2v) is 6.82. The summed E-state index contributed by atoms with van der Waals surface area (Å²) < 4.78 is 4.10. The van der Waals surface area contributed by atoms with Crippen LogP contribution in [0.3, 0.4) is 0 Å². The van der Waals surface area contributed by atoms with Crippen LogP contribution in [0.5, 0.6) is 0 Å².